The minimum Gasteiger partial charge on any atom is -0.396 e. The van der Waals surface area contributed by atoms with Gasteiger partial charge in [-0.25, -0.2) is 4.39 Å². The Morgan fingerprint density at radius 2 is 1.89 bits per heavy atom. The van der Waals surface area contributed by atoms with Gasteiger partial charge in [0.15, 0.2) is 0 Å². The van der Waals surface area contributed by atoms with Crippen molar-refractivity contribution in [2.24, 2.45) is 5.73 Å². The van der Waals surface area contributed by atoms with Crippen molar-refractivity contribution in [2.75, 3.05) is 6.61 Å². The summed E-state index contributed by atoms with van der Waals surface area (Å²) >= 11 is 0. The first-order valence-corrected chi connectivity index (χ1v) is 5.09. The molecular weight excluding hydrogens is 274 g/mol. The van der Waals surface area contributed by atoms with Gasteiger partial charge in [0.25, 0.3) is 0 Å². The Morgan fingerprint density at radius 3 is 2.39 bits per heavy atom. The highest BCUT2D eigenvalue weighted by atomic mass is 35.5. The number of aliphatic hydroxyl groups is 1. The van der Waals surface area contributed by atoms with Crippen LogP contribution in [0.2, 0.25) is 0 Å². The van der Waals surface area contributed by atoms with Gasteiger partial charge in [-0.1, -0.05) is 0 Å². The van der Waals surface area contributed by atoms with E-state index in [-0.39, 0.29) is 37.4 Å². The van der Waals surface area contributed by atoms with Gasteiger partial charge in [-0.05, 0) is 36.6 Å². The molecule has 0 amide bonds. The molecule has 3 N–H and O–H groups in total. The SMILES string of the molecule is Cl.N[C@@H](CCCO)c1cc(F)ccc1C(F)(F)F. The van der Waals surface area contributed by atoms with Gasteiger partial charge in [0.1, 0.15) is 5.82 Å². The van der Waals surface area contributed by atoms with Crippen LogP contribution in [0.4, 0.5) is 17.6 Å². The Labute approximate surface area is 108 Å². The molecule has 0 fully saturated rings. The number of nitrogens with two attached hydrogens (primary N) is 1. The van der Waals surface area contributed by atoms with Crippen LogP contribution in [0.15, 0.2) is 18.2 Å². The number of hydrogen-bond donors (Lipinski definition) is 2. The first-order chi connectivity index (χ1) is 7.86. The maximum atomic E-state index is 12.9. The molecule has 1 aromatic carbocycles. The largest absolute Gasteiger partial charge is 0.416 e. The van der Waals surface area contributed by atoms with Crippen LogP contribution in [0.5, 0.6) is 0 Å². The fourth-order valence-electron chi connectivity index (χ4n) is 1.57. The maximum Gasteiger partial charge on any atom is 0.416 e. The molecule has 1 rings (SSSR count). The predicted molar refractivity (Wildman–Crippen MR) is 61.9 cm³/mol. The monoisotopic (exact) mass is 287 g/mol. The van der Waals surface area contributed by atoms with E-state index in [4.69, 9.17) is 10.8 Å². The summed E-state index contributed by atoms with van der Waals surface area (Å²) in [5, 5.41) is 8.59. The van der Waals surface area contributed by atoms with Gasteiger partial charge in [0, 0.05) is 12.6 Å². The van der Waals surface area contributed by atoms with Crippen LogP contribution in [0.1, 0.15) is 30.0 Å². The highest BCUT2D eigenvalue weighted by Gasteiger charge is 2.34. The number of benzene rings is 1. The van der Waals surface area contributed by atoms with Gasteiger partial charge in [-0.3, -0.25) is 0 Å². The minimum absolute atomic E-state index is 0. The van der Waals surface area contributed by atoms with E-state index in [0.717, 1.165) is 12.1 Å². The Balaban J connectivity index is 0.00000289. The standard InChI is InChI=1S/C11H13F4NO.ClH/c12-7-3-4-9(11(13,14)15)8(6-7)10(16)2-1-5-17;/h3-4,6,10,17H,1-2,5,16H2;1H/t10-;/m0./s1. The van der Waals surface area contributed by atoms with Gasteiger partial charge in [0.2, 0.25) is 0 Å². The van der Waals surface area contributed by atoms with Crippen molar-refractivity contribution in [2.45, 2.75) is 25.1 Å². The van der Waals surface area contributed by atoms with Crippen molar-refractivity contribution in [1.29, 1.82) is 0 Å². The van der Waals surface area contributed by atoms with Crippen LogP contribution >= 0.6 is 12.4 Å². The summed E-state index contributed by atoms with van der Waals surface area (Å²) in [6, 6.07) is 1.30. The lowest BCUT2D eigenvalue weighted by molar-refractivity contribution is -0.138. The summed E-state index contributed by atoms with van der Waals surface area (Å²) in [6.45, 7) is -0.162. The third-order valence-electron chi connectivity index (χ3n) is 2.39. The topological polar surface area (TPSA) is 46.2 Å². The van der Waals surface area contributed by atoms with Crippen molar-refractivity contribution in [3.63, 3.8) is 0 Å². The van der Waals surface area contributed by atoms with E-state index < -0.39 is 23.6 Å². The molecule has 18 heavy (non-hydrogen) atoms. The van der Waals surface area contributed by atoms with Gasteiger partial charge in [-0.15, -0.1) is 12.4 Å². The summed E-state index contributed by atoms with van der Waals surface area (Å²) in [4.78, 5) is 0. The van der Waals surface area contributed by atoms with Crippen LogP contribution in [0, 0.1) is 5.82 Å². The average molecular weight is 288 g/mol. The Kier molecular flexibility index (Phi) is 6.59. The molecular formula is C11H14ClF4NO. The number of rotatable bonds is 4. The number of alkyl halides is 3. The molecule has 0 aliphatic carbocycles. The molecule has 0 spiro atoms. The third kappa shape index (κ3) is 4.44. The molecule has 0 aliphatic heterocycles. The molecule has 104 valence electrons. The first kappa shape index (κ1) is 17.2. The highest BCUT2D eigenvalue weighted by Crippen LogP contribution is 2.35. The molecule has 0 aliphatic rings. The molecule has 0 heterocycles. The molecule has 7 heteroatoms. The Morgan fingerprint density at radius 1 is 1.28 bits per heavy atom. The van der Waals surface area contributed by atoms with E-state index in [1.807, 2.05) is 0 Å². The Hall–Kier alpha value is -0.850. The normalized spacial score (nSPS) is 13.0. The van der Waals surface area contributed by atoms with E-state index in [1.165, 1.54) is 0 Å². The lowest BCUT2D eigenvalue weighted by Gasteiger charge is -2.18. The number of hydrogen-bond acceptors (Lipinski definition) is 2. The second kappa shape index (κ2) is 6.92. The summed E-state index contributed by atoms with van der Waals surface area (Å²) < 4.78 is 50.9. The van der Waals surface area contributed by atoms with E-state index in [0.29, 0.717) is 6.07 Å². The van der Waals surface area contributed by atoms with Crippen LogP contribution in [0.3, 0.4) is 0 Å². The van der Waals surface area contributed by atoms with Crippen LogP contribution in [-0.4, -0.2) is 11.7 Å². The lowest BCUT2D eigenvalue weighted by atomic mass is 9.97. The van der Waals surface area contributed by atoms with Gasteiger partial charge in [0.05, 0.1) is 5.56 Å². The zero-order valence-electron chi connectivity index (χ0n) is 9.38. The van der Waals surface area contributed by atoms with Gasteiger partial charge < -0.3 is 10.8 Å². The van der Waals surface area contributed by atoms with E-state index >= 15 is 0 Å². The first-order valence-electron chi connectivity index (χ1n) is 5.09. The molecule has 2 nitrogen and oxygen atoms in total. The summed E-state index contributed by atoms with van der Waals surface area (Å²) in [5.74, 6) is -0.757. The fraction of sp³-hybridized carbons (Fsp3) is 0.455. The fourth-order valence-corrected chi connectivity index (χ4v) is 1.57. The average Bonchev–Trinajstić information content (AvgIpc) is 2.24. The number of halogens is 5. The highest BCUT2D eigenvalue weighted by molar-refractivity contribution is 5.85. The smallest absolute Gasteiger partial charge is 0.396 e. The summed E-state index contributed by atoms with van der Waals surface area (Å²) in [6.07, 6.45) is -4.11. The molecule has 0 aromatic heterocycles. The van der Waals surface area contributed by atoms with Crippen LogP contribution in [-0.2, 0) is 6.18 Å². The molecule has 0 radical (unpaired) electrons. The van der Waals surface area contributed by atoms with Crippen molar-refractivity contribution < 1.29 is 22.7 Å². The van der Waals surface area contributed by atoms with E-state index in [9.17, 15) is 17.6 Å². The van der Waals surface area contributed by atoms with Crippen LogP contribution < -0.4 is 5.73 Å². The molecule has 1 atom stereocenters. The molecule has 0 bridgehead atoms. The zero-order valence-corrected chi connectivity index (χ0v) is 10.2. The number of aliphatic hydroxyl groups excluding tert-OH is 1. The minimum atomic E-state index is -4.56. The van der Waals surface area contributed by atoms with Crippen molar-refractivity contribution in [3.8, 4) is 0 Å². The second-order valence-corrected chi connectivity index (χ2v) is 3.70. The van der Waals surface area contributed by atoms with Gasteiger partial charge in [-0.2, -0.15) is 13.2 Å². The van der Waals surface area contributed by atoms with E-state index in [2.05, 4.69) is 0 Å². The zero-order chi connectivity index (χ0) is 13.1. The molecule has 1 aromatic rings. The summed E-state index contributed by atoms with van der Waals surface area (Å²) in [7, 11) is 0. The maximum absolute atomic E-state index is 12.9. The van der Waals surface area contributed by atoms with Crippen molar-refractivity contribution in [3.05, 3.63) is 35.1 Å². The van der Waals surface area contributed by atoms with Crippen LogP contribution in [0.25, 0.3) is 0 Å². The molecule has 0 saturated heterocycles. The molecule has 0 unspecified atom stereocenters. The van der Waals surface area contributed by atoms with Crippen molar-refractivity contribution in [1.82, 2.24) is 0 Å². The second-order valence-electron chi connectivity index (χ2n) is 3.70. The third-order valence-corrected chi connectivity index (χ3v) is 2.39. The predicted octanol–water partition coefficient (Wildman–Crippen LogP) is 3.04. The molecule has 0 saturated carbocycles. The summed E-state index contributed by atoms with van der Waals surface area (Å²) in [5.41, 5.74) is 4.37. The quantitative estimate of drug-likeness (QED) is 0.836. The Bertz CT molecular complexity index is 384. The van der Waals surface area contributed by atoms with Gasteiger partial charge >= 0.3 is 6.18 Å². The van der Waals surface area contributed by atoms with E-state index in [1.54, 1.807) is 0 Å². The van der Waals surface area contributed by atoms with Crippen molar-refractivity contribution >= 4 is 12.4 Å². The lowest BCUT2D eigenvalue weighted by Crippen LogP contribution is -2.18.